The Kier molecular flexibility index (Phi) is 5.40. The smallest absolute Gasteiger partial charge is 0.183 e. The Balaban J connectivity index is 1.36. The molecule has 6 heteroatoms. The molecule has 44 heavy (non-hydrogen) atoms. The summed E-state index contributed by atoms with van der Waals surface area (Å²) >= 11 is 0. The Morgan fingerprint density at radius 3 is 1.77 bits per heavy atom. The summed E-state index contributed by atoms with van der Waals surface area (Å²) in [4.78, 5) is 20.2. The molecule has 4 aromatic heterocycles. The number of hydrogen-bond donors (Lipinski definition) is 0. The van der Waals surface area contributed by atoms with Gasteiger partial charge in [-0.05, 0) is 23.8 Å². The lowest BCUT2D eigenvalue weighted by molar-refractivity contribution is 0.669. The first-order chi connectivity index (χ1) is 21.8. The van der Waals surface area contributed by atoms with E-state index in [4.69, 9.17) is 28.8 Å². The summed E-state index contributed by atoms with van der Waals surface area (Å²) in [6.45, 7) is 0. The SMILES string of the molecule is c1ccc(-c2nc(-c3cccc4oc5ccccc5c34)nc(-c3ncc(-c4ccccc4)c4oc5ccccc5c34)n2)cc1. The summed E-state index contributed by atoms with van der Waals surface area (Å²) in [5.41, 5.74) is 7.43. The second-order valence-corrected chi connectivity index (χ2v) is 10.6. The van der Waals surface area contributed by atoms with Gasteiger partial charge in [0.15, 0.2) is 17.5 Å². The van der Waals surface area contributed by atoms with Crippen molar-refractivity contribution in [1.82, 2.24) is 19.9 Å². The first-order valence-electron chi connectivity index (χ1n) is 14.4. The fraction of sp³-hybridized carbons (Fsp3) is 0. The molecule has 9 aromatic rings. The zero-order valence-corrected chi connectivity index (χ0v) is 23.3. The quantitative estimate of drug-likeness (QED) is 0.211. The van der Waals surface area contributed by atoms with Crippen molar-refractivity contribution in [3.63, 3.8) is 0 Å². The predicted molar refractivity (Wildman–Crippen MR) is 174 cm³/mol. The van der Waals surface area contributed by atoms with Crippen LogP contribution >= 0.6 is 0 Å². The van der Waals surface area contributed by atoms with Gasteiger partial charge >= 0.3 is 0 Å². The van der Waals surface area contributed by atoms with Gasteiger partial charge in [-0.3, -0.25) is 4.98 Å². The molecule has 0 saturated heterocycles. The van der Waals surface area contributed by atoms with Crippen LogP contribution in [-0.4, -0.2) is 19.9 Å². The van der Waals surface area contributed by atoms with Crippen molar-refractivity contribution in [2.24, 2.45) is 0 Å². The molecule has 0 fully saturated rings. The molecule has 206 valence electrons. The lowest BCUT2D eigenvalue weighted by Gasteiger charge is -2.10. The molecule has 0 saturated carbocycles. The molecule has 9 rings (SSSR count). The summed E-state index contributed by atoms with van der Waals surface area (Å²) < 4.78 is 12.7. The van der Waals surface area contributed by atoms with E-state index in [2.05, 4.69) is 24.3 Å². The van der Waals surface area contributed by atoms with Crippen LogP contribution in [0.1, 0.15) is 0 Å². The van der Waals surface area contributed by atoms with Gasteiger partial charge in [-0.15, -0.1) is 0 Å². The summed E-state index contributed by atoms with van der Waals surface area (Å²) in [5.74, 6) is 1.57. The van der Waals surface area contributed by atoms with E-state index in [1.165, 1.54) is 0 Å². The van der Waals surface area contributed by atoms with Gasteiger partial charge < -0.3 is 8.83 Å². The van der Waals surface area contributed by atoms with E-state index in [1.807, 2.05) is 109 Å². The number of aromatic nitrogens is 4. The highest BCUT2D eigenvalue weighted by Gasteiger charge is 2.23. The maximum Gasteiger partial charge on any atom is 0.183 e. The molecule has 0 aliphatic rings. The number of hydrogen-bond acceptors (Lipinski definition) is 6. The normalized spacial score (nSPS) is 11.6. The van der Waals surface area contributed by atoms with Crippen molar-refractivity contribution in [2.75, 3.05) is 0 Å². The van der Waals surface area contributed by atoms with E-state index in [-0.39, 0.29) is 0 Å². The molecule has 0 radical (unpaired) electrons. The van der Waals surface area contributed by atoms with E-state index < -0.39 is 0 Å². The van der Waals surface area contributed by atoms with Crippen LogP contribution in [0.5, 0.6) is 0 Å². The largest absolute Gasteiger partial charge is 0.456 e. The van der Waals surface area contributed by atoms with Gasteiger partial charge in [0.2, 0.25) is 0 Å². The van der Waals surface area contributed by atoms with Gasteiger partial charge in [0, 0.05) is 39.0 Å². The summed E-state index contributed by atoms with van der Waals surface area (Å²) in [7, 11) is 0. The van der Waals surface area contributed by atoms with Crippen LogP contribution in [0.2, 0.25) is 0 Å². The lowest BCUT2D eigenvalue weighted by Crippen LogP contribution is -2.02. The van der Waals surface area contributed by atoms with Crippen molar-refractivity contribution in [2.45, 2.75) is 0 Å². The van der Waals surface area contributed by atoms with Crippen LogP contribution in [0.3, 0.4) is 0 Å². The van der Waals surface area contributed by atoms with E-state index in [1.54, 1.807) is 0 Å². The first kappa shape index (κ1) is 24.5. The van der Waals surface area contributed by atoms with Crippen molar-refractivity contribution < 1.29 is 8.83 Å². The van der Waals surface area contributed by atoms with Crippen LogP contribution in [0.15, 0.2) is 142 Å². The third-order valence-corrected chi connectivity index (χ3v) is 8.01. The summed E-state index contributed by atoms with van der Waals surface area (Å²) in [5, 5.41) is 3.79. The summed E-state index contributed by atoms with van der Waals surface area (Å²) in [6, 6.07) is 42.2. The molecule has 0 amide bonds. The standard InChI is InChI=1S/C38H22N4O2/c1-3-12-23(13-4-1)28-22-39-34(33-26-17-8-10-20-30(26)44-35(28)33)38-41-36(24-14-5-2-6-15-24)40-37(42-38)27-18-11-21-31-32(27)25-16-7-9-19-29(25)43-31/h1-22H. The Hall–Kier alpha value is -6.14. The Labute approximate surface area is 251 Å². The van der Waals surface area contributed by atoms with Gasteiger partial charge in [-0.1, -0.05) is 109 Å². The average Bonchev–Trinajstić information content (AvgIpc) is 3.68. The number of rotatable bonds is 4. The third-order valence-electron chi connectivity index (χ3n) is 8.01. The zero-order chi connectivity index (χ0) is 29.0. The molecule has 5 aromatic carbocycles. The molecule has 6 nitrogen and oxygen atoms in total. The molecule has 0 N–H and O–H groups in total. The maximum absolute atomic E-state index is 6.50. The van der Waals surface area contributed by atoms with E-state index >= 15 is 0 Å². The molecular weight excluding hydrogens is 544 g/mol. The molecule has 0 unspecified atom stereocenters. The minimum atomic E-state index is 0.467. The lowest BCUT2D eigenvalue weighted by atomic mass is 10.0. The van der Waals surface area contributed by atoms with Crippen LogP contribution in [-0.2, 0) is 0 Å². The van der Waals surface area contributed by atoms with Gasteiger partial charge in [-0.2, -0.15) is 0 Å². The van der Waals surface area contributed by atoms with E-state index in [0.29, 0.717) is 23.2 Å². The van der Waals surface area contributed by atoms with E-state index in [0.717, 1.165) is 66.1 Å². The number of pyridine rings is 1. The Morgan fingerprint density at radius 2 is 1.00 bits per heavy atom. The van der Waals surface area contributed by atoms with E-state index in [9.17, 15) is 0 Å². The first-order valence-corrected chi connectivity index (χ1v) is 14.4. The Morgan fingerprint density at radius 1 is 0.409 bits per heavy atom. The molecule has 0 bridgehead atoms. The van der Waals surface area contributed by atoms with Gasteiger partial charge in [0.1, 0.15) is 28.0 Å². The summed E-state index contributed by atoms with van der Waals surface area (Å²) in [6.07, 6.45) is 1.85. The molecule has 0 spiro atoms. The molecular formula is C38H22N4O2. The number of para-hydroxylation sites is 2. The highest BCUT2D eigenvalue weighted by molar-refractivity contribution is 6.15. The molecule has 0 aliphatic heterocycles. The monoisotopic (exact) mass is 566 g/mol. The Bertz CT molecular complexity index is 2500. The van der Waals surface area contributed by atoms with Crippen LogP contribution in [0, 0.1) is 0 Å². The second-order valence-electron chi connectivity index (χ2n) is 10.6. The molecule has 0 atom stereocenters. The fourth-order valence-corrected chi connectivity index (χ4v) is 5.99. The topological polar surface area (TPSA) is 77.8 Å². The minimum absolute atomic E-state index is 0.467. The van der Waals surface area contributed by atoms with Crippen LogP contribution in [0.4, 0.5) is 0 Å². The van der Waals surface area contributed by atoms with Gasteiger partial charge in [0.05, 0.1) is 5.39 Å². The molecule has 4 heterocycles. The van der Waals surface area contributed by atoms with Crippen LogP contribution < -0.4 is 0 Å². The van der Waals surface area contributed by atoms with Crippen molar-refractivity contribution in [3.05, 3.63) is 134 Å². The van der Waals surface area contributed by atoms with Crippen LogP contribution in [0.25, 0.3) is 89.3 Å². The minimum Gasteiger partial charge on any atom is -0.456 e. The molecule has 0 aliphatic carbocycles. The second kappa shape index (κ2) is 9.71. The number of benzene rings is 5. The van der Waals surface area contributed by atoms with Crippen molar-refractivity contribution in [3.8, 4) is 45.4 Å². The van der Waals surface area contributed by atoms with Gasteiger partial charge in [0.25, 0.3) is 0 Å². The highest BCUT2D eigenvalue weighted by atomic mass is 16.3. The number of furan rings is 2. The fourth-order valence-electron chi connectivity index (χ4n) is 5.99. The van der Waals surface area contributed by atoms with Crippen molar-refractivity contribution >= 4 is 43.9 Å². The van der Waals surface area contributed by atoms with Gasteiger partial charge in [-0.25, -0.2) is 15.0 Å². The van der Waals surface area contributed by atoms with Crippen molar-refractivity contribution in [1.29, 1.82) is 0 Å². The number of fused-ring (bicyclic) bond motifs is 6. The zero-order valence-electron chi connectivity index (χ0n) is 23.3. The number of nitrogens with zero attached hydrogens (tertiary/aromatic N) is 4. The predicted octanol–water partition coefficient (Wildman–Crippen LogP) is 9.73. The maximum atomic E-state index is 6.50. The third kappa shape index (κ3) is 3.82. The average molecular weight is 567 g/mol. The highest BCUT2D eigenvalue weighted by Crippen LogP contribution is 2.41.